The summed E-state index contributed by atoms with van der Waals surface area (Å²) >= 11 is 0. The van der Waals surface area contributed by atoms with Crippen LogP contribution in [0.2, 0.25) is 0 Å². The van der Waals surface area contributed by atoms with Gasteiger partial charge in [-0.15, -0.1) is 0 Å². The maximum Gasteiger partial charge on any atom is 0.324 e. The van der Waals surface area contributed by atoms with Crippen LogP contribution in [0.25, 0.3) is 0 Å². The summed E-state index contributed by atoms with van der Waals surface area (Å²) in [4.78, 5) is 37.1. The lowest BCUT2D eigenvalue weighted by molar-refractivity contribution is -0.125. The van der Waals surface area contributed by atoms with Crippen molar-refractivity contribution in [2.45, 2.75) is 19.6 Å². The Morgan fingerprint density at radius 3 is 2.56 bits per heavy atom. The van der Waals surface area contributed by atoms with E-state index in [0.717, 1.165) is 10.5 Å². The Bertz CT molecular complexity index is 848. The van der Waals surface area contributed by atoms with Crippen LogP contribution in [0.3, 0.4) is 0 Å². The SMILES string of the molecule is Cc1ccc([C@H](O)CNC(=O)c2ccccc2CN2C(=O)CNC2=O)cc1. The lowest BCUT2D eigenvalue weighted by Crippen LogP contribution is -2.33. The summed E-state index contributed by atoms with van der Waals surface area (Å²) in [5.41, 5.74) is 2.73. The average Bonchev–Trinajstić information content (AvgIpc) is 2.99. The van der Waals surface area contributed by atoms with Crippen molar-refractivity contribution in [3.63, 3.8) is 0 Å². The van der Waals surface area contributed by atoms with Crippen LogP contribution in [0.5, 0.6) is 0 Å². The summed E-state index contributed by atoms with van der Waals surface area (Å²) in [6.45, 7) is 2.00. The molecule has 0 bridgehead atoms. The fraction of sp³-hybridized carbons (Fsp3) is 0.250. The first-order valence-corrected chi connectivity index (χ1v) is 8.64. The monoisotopic (exact) mass is 367 g/mol. The quantitative estimate of drug-likeness (QED) is 0.674. The Balaban J connectivity index is 1.67. The van der Waals surface area contributed by atoms with Gasteiger partial charge in [-0.05, 0) is 24.1 Å². The molecule has 27 heavy (non-hydrogen) atoms. The number of urea groups is 1. The van der Waals surface area contributed by atoms with Gasteiger partial charge in [0.25, 0.3) is 5.91 Å². The van der Waals surface area contributed by atoms with Gasteiger partial charge in [0, 0.05) is 12.1 Å². The van der Waals surface area contributed by atoms with Gasteiger partial charge in [0.1, 0.15) is 0 Å². The predicted octanol–water partition coefficient (Wildman–Crippen LogP) is 1.51. The summed E-state index contributed by atoms with van der Waals surface area (Å²) in [6.07, 6.45) is -0.826. The predicted molar refractivity (Wildman–Crippen MR) is 98.9 cm³/mol. The lowest BCUT2D eigenvalue weighted by atomic mass is 10.1. The molecule has 4 amide bonds. The number of aryl methyl sites for hydroxylation is 1. The molecule has 1 heterocycles. The van der Waals surface area contributed by atoms with E-state index in [-0.39, 0.29) is 31.4 Å². The summed E-state index contributed by atoms with van der Waals surface area (Å²) in [5, 5.41) is 15.4. The Hall–Kier alpha value is -3.19. The number of aliphatic hydroxyl groups is 1. The Kier molecular flexibility index (Phi) is 5.52. The highest BCUT2D eigenvalue weighted by molar-refractivity contribution is 6.02. The smallest absolute Gasteiger partial charge is 0.324 e. The number of imide groups is 1. The third-order valence-electron chi connectivity index (χ3n) is 4.45. The van der Waals surface area contributed by atoms with E-state index in [1.807, 2.05) is 31.2 Å². The molecule has 1 aliphatic rings. The summed E-state index contributed by atoms with van der Waals surface area (Å²) in [6, 6.07) is 13.7. The van der Waals surface area contributed by atoms with Crippen molar-refractivity contribution >= 4 is 17.8 Å². The number of hydrogen-bond acceptors (Lipinski definition) is 4. The fourth-order valence-corrected chi connectivity index (χ4v) is 2.86. The van der Waals surface area contributed by atoms with Gasteiger partial charge < -0.3 is 15.7 Å². The van der Waals surface area contributed by atoms with Crippen molar-refractivity contribution in [2.75, 3.05) is 13.1 Å². The topological polar surface area (TPSA) is 98.7 Å². The highest BCUT2D eigenvalue weighted by atomic mass is 16.3. The summed E-state index contributed by atoms with van der Waals surface area (Å²) in [5.74, 6) is -0.700. The van der Waals surface area contributed by atoms with E-state index >= 15 is 0 Å². The number of rotatable bonds is 6. The molecule has 1 aliphatic heterocycles. The summed E-state index contributed by atoms with van der Waals surface area (Å²) < 4.78 is 0. The van der Waals surface area contributed by atoms with Gasteiger partial charge in [0.15, 0.2) is 0 Å². The molecule has 7 heteroatoms. The minimum absolute atomic E-state index is 0.0226. The number of nitrogens with one attached hydrogen (secondary N) is 2. The van der Waals surface area contributed by atoms with Gasteiger partial charge in [-0.3, -0.25) is 14.5 Å². The number of carbonyl (C=O) groups excluding carboxylic acids is 3. The van der Waals surface area contributed by atoms with Crippen LogP contribution < -0.4 is 10.6 Å². The molecule has 2 aromatic rings. The minimum atomic E-state index is -0.826. The van der Waals surface area contributed by atoms with Crippen molar-refractivity contribution < 1.29 is 19.5 Å². The second-order valence-electron chi connectivity index (χ2n) is 6.43. The molecule has 3 N–H and O–H groups in total. The molecule has 0 radical (unpaired) electrons. The van der Waals surface area contributed by atoms with E-state index in [4.69, 9.17) is 0 Å². The number of amides is 4. The molecule has 1 saturated heterocycles. The van der Waals surface area contributed by atoms with Gasteiger partial charge in [0.05, 0.1) is 19.2 Å². The first-order valence-electron chi connectivity index (χ1n) is 8.64. The molecule has 3 rings (SSSR count). The third-order valence-corrected chi connectivity index (χ3v) is 4.45. The van der Waals surface area contributed by atoms with Crippen LogP contribution in [-0.2, 0) is 11.3 Å². The largest absolute Gasteiger partial charge is 0.387 e. The second kappa shape index (κ2) is 8.01. The van der Waals surface area contributed by atoms with Crippen molar-refractivity contribution in [2.24, 2.45) is 0 Å². The third kappa shape index (κ3) is 4.32. The van der Waals surface area contributed by atoms with E-state index in [2.05, 4.69) is 10.6 Å². The Labute approximate surface area is 157 Å². The molecule has 140 valence electrons. The van der Waals surface area contributed by atoms with Crippen LogP contribution in [0.4, 0.5) is 4.79 Å². The van der Waals surface area contributed by atoms with Crippen LogP contribution >= 0.6 is 0 Å². The van der Waals surface area contributed by atoms with E-state index < -0.39 is 12.1 Å². The highest BCUT2D eigenvalue weighted by Crippen LogP contribution is 2.16. The molecule has 0 unspecified atom stereocenters. The van der Waals surface area contributed by atoms with Gasteiger partial charge in [0.2, 0.25) is 5.91 Å². The highest BCUT2D eigenvalue weighted by Gasteiger charge is 2.29. The van der Waals surface area contributed by atoms with Crippen molar-refractivity contribution in [1.29, 1.82) is 0 Å². The average molecular weight is 367 g/mol. The molecule has 0 spiro atoms. The molecular formula is C20H21N3O4. The molecule has 1 atom stereocenters. The van der Waals surface area contributed by atoms with E-state index in [0.29, 0.717) is 16.7 Å². The summed E-state index contributed by atoms with van der Waals surface area (Å²) in [7, 11) is 0. The van der Waals surface area contributed by atoms with Crippen LogP contribution in [0, 0.1) is 6.92 Å². The van der Waals surface area contributed by atoms with Gasteiger partial charge in [-0.25, -0.2) is 4.79 Å². The standard InChI is InChI=1S/C20H21N3O4/c1-13-6-8-14(9-7-13)17(24)10-21-19(26)16-5-3-2-4-15(16)12-23-18(25)11-22-20(23)27/h2-9,17,24H,10-12H2,1H3,(H,21,26)(H,22,27)/t17-/m1/s1. The Morgan fingerprint density at radius 2 is 1.89 bits per heavy atom. The van der Waals surface area contributed by atoms with E-state index in [1.165, 1.54) is 0 Å². The number of hydrogen-bond donors (Lipinski definition) is 3. The maximum atomic E-state index is 12.6. The van der Waals surface area contributed by atoms with Crippen molar-refractivity contribution in [3.05, 3.63) is 70.8 Å². The number of nitrogens with zero attached hydrogens (tertiary/aromatic N) is 1. The zero-order chi connectivity index (χ0) is 19.4. The van der Waals surface area contributed by atoms with Crippen LogP contribution in [0.1, 0.15) is 33.2 Å². The molecule has 0 aliphatic carbocycles. The number of aliphatic hydroxyl groups excluding tert-OH is 1. The number of benzene rings is 2. The fourth-order valence-electron chi connectivity index (χ4n) is 2.86. The first kappa shape index (κ1) is 18.6. The molecular weight excluding hydrogens is 346 g/mol. The minimum Gasteiger partial charge on any atom is -0.387 e. The molecule has 2 aromatic carbocycles. The zero-order valence-corrected chi connectivity index (χ0v) is 14.9. The zero-order valence-electron chi connectivity index (χ0n) is 14.9. The number of carbonyl (C=O) groups is 3. The molecule has 1 fully saturated rings. The second-order valence-corrected chi connectivity index (χ2v) is 6.43. The van der Waals surface area contributed by atoms with Crippen LogP contribution in [-0.4, -0.2) is 40.9 Å². The molecule has 7 nitrogen and oxygen atoms in total. The molecule has 0 saturated carbocycles. The lowest BCUT2D eigenvalue weighted by Gasteiger charge is -2.17. The van der Waals surface area contributed by atoms with Crippen LogP contribution in [0.15, 0.2) is 48.5 Å². The maximum absolute atomic E-state index is 12.6. The van der Waals surface area contributed by atoms with E-state index in [9.17, 15) is 19.5 Å². The Morgan fingerprint density at radius 1 is 1.19 bits per heavy atom. The van der Waals surface area contributed by atoms with Gasteiger partial charge in [-0.1, -0.05) is 48.0 Å². The van der Waals surface area contributed by atoms with E-state index in [1.54, 1.807) is 24.3 Å². The van der Waals surface area contributed by atoms with Gasteiger partial charge in [-0.2, -0.15) is 0 Å². The first-order chi connectivity index (χ1) is 13.0. The molecule has 0 aromatic heterocycles. The van der Waals surface area contributed by atoms with Crippen molar-refractivity contribution in [3.8, 4) is 0 Å². The van der Waals surface area contributed by atoms with Gasteiger partial charge >= 0.3 is 6.03 Å². The van der Waals surface area contributed by atoms with Crippen molar-refractivity contribution in [1.82, 2.24) is 15.5 Å². The normalized spacial score (nSPS) is 14.8.